The molecule has 0 bridgehead atoms. The highest BCUT2D eigenvalue weighted by molar-refractivity contribution is 5.69. The molecule has 0 aromatic carbocycles. The number of esters is 2. The van der Waals surface area contributed by atoms with Gasteiger partial charge in [0.1, 0.15) is 13.2 Å². The number of hydrogen-bond acceptors (Lipinski definition) is 6. The fourth-order valence-corrected chi connectivity index (χ4v) is 2.41. The molecule has 0 saturated carbocycles. The first-order valence-electron chi connectivity index (χ1n) is 8.24. The van der Waals surface area contributed by atoms with Crippen LogP contribution in [0.4, 0.5) is 0 Å². The van der Waals surface area contributed by atoms with Crippen LogP contribution in [0.3, 0.4) is 0 Å². The Kier molecular flexibility index (Phi) is 8.17. The molecule has 2 rings (SSSR count). The van der Waals surface area contributed by atoms with Gasteiger partial charge in [-0.1, -0.05) is 11.8 Å². The first kappa shape index (κ1) is 18.3. The minimum absolute atomic E-state index is 0.0159. The Morgan fingerprint density at radius 3 is 1.71 bits per heavy atom. The van der Waals surface area contributed by atoms with Crippen LogP contribution >= 0.6 is 0 Å². The lowest BCUT2D eigenvalue weighted by Crippen LogP contribution is -2.13. The van der Waals surface area contributed by atoms with Gasteiger partial charge in [0.25, 0.3) is 0 Å². The number of hydrogen-bond donors (Lipinski definition) is 0. The van der Waals surface area contributed by atoms with E-state index < -0.39 is 0 Å². The third-order valence-corrected chi connectivity index (χ3v) is 3.77. The molecular weight excluding hydrogens is 312 g/mol. The van der Waals surface area contributed by atoms with Crippen molar-refractivity contribution in [2.24, 2.45) is 0 Å². The van der Waals surface area contributed by atoms with E-state index in [2.05, 4.69) is 23.7 Å². The summed E-state index contributed by atoms with van der Waals surface area (Å²) in [5.74, 6) is 10.8. The molecule has 24 heavy (non-hydrogen) atoms. The zero-order valence-corrected chi connectivity index (χ0v) is 13.7. The van der Waals surface area contributed by atoms with Crippen molar-refractivity contribution in [2.75, 3.05) is 26.4 Å². The molecule has 2 atom stereocenters. The quantitative estimate of drug-likeness (QED) is 0.569. The largest absolute Gasteiger partial charge is 0.466 e. The SMILES string of the molecule is O=C1CCC(OCC#CC#CCOC2CCOC(=O)CC2)CCO1. The Labute approximate surface area is 142 Å². The van der Waals surface area contributed by atoms with Crippen LogP contribution in [0.2, 0.25) is 0 Å². The average molecular weight is 334 g/mol. The summed E-state index contributed by atoms with van der Waals surface area (Å²) >= 11 is 0. The molecule has 2 unspecified atom stereocenters. The molecule has 0 spiro atoms. The Balaban J connectivity index is 1.57. The molecule has 6 heteroatoms. The summed E-state index contributed by atoms with van der Waals surface area (Å²) in [6.07, 6.45) is 3.59. The van der Waals surface area contributed by atoms with Gasteiger partial charge in [0.2, 0.25) is 0 Å². The van der Waals surface area contributed by atoms with Crippen molar-refractivity contribution < 1.29 is 28.5 Å². The molecule has 0 aromatic rings. The van der Waals surface area contributed by atoms with Gasteiger partial charge < -0.3 is 18.9 Å². The maximum Gasteiger partial charge on any atom is 0.305 e. The van der Waals surface area contributed by atoms with Crippen molar-refractivity contribution in [3.8, 4) is 23.7 Å². The van der Waals surface area contributed by atoms with Gasteiger partial charge in [-0.25, -0.2) is 0 Å². The molecule has 2 heterocycles. The summed E-state index contributed by atoms with van der Waals surface area (Å²) in [5.41, 5.74) is 0. The van der Waals surface area contributed by atoms with E-state index in [1.165, 1.54) is 0 Å². The van der Waals surface area contributed by atoms with Crippen molar-refractivity contribution in [3.05, 3.63) is 0 Å². The normalized spacial score (nSPS) is 24.2. The van der Waals surface area contributed by atoms with Crippen molar-refractivity contribution in [3.63, 3.8) is 0 Å². The molecule has 0 amide bonds. The van der Waals surface area contributed by atoms with Gasteiger partial charge >= 0.3 is 11.9 Å². The molecule has 0 aliphatic carbocycles. The van der Waals surface area contributed by atoms with Gasteiger partial charge in [-0.15, -0.1) is 0 Å². The number of ether oxygens (including phenoxy) is 4. The summed E-state index contributed by atoms with van der Waals surface area (Å²) in [6, 6.07) is 0. The van der Waals surface area contributed by atoms with Crippen LogP contribution in [0.5, 0.6) is 0 Å². The topological polar surface area (TPSA) is 71.1 Å². The van der Waals surface area contributed by atoms with E-state index in [1.54, 1.807) is 0 Å². The zero-order valence-electron chi connectivity index (χ0n) is 13.7. The number of cyclic esters (lactones) is 2. The monoisotopic (exact) mass is 334 g/mol. The first-order chi connectivity index (χ1) is 11.7. The third-order valence-electron chi connectivity index (χ3n) is 3.77. The molecule has 0 radical (unpaired) electrons. The smallest absolute Gasteiger partial charge is 0.305 e. The molecule has 0 N–H and O–H groups in total. The Bertz CT molecular complexity index is 497. The van der Waals surface area contributed by atoms with Gasteiger partial charge in [0.05, 0.1) is 25.4 Å². The summed E-state index contributed by atoms with van der Waals surface area (Å²) in [5, 5.41) is 0. The van der Waals surface area contributed by atoms with Crippen molar-refractivity contribution >= 4 is 11.9 Å². The molecular formula is C18H22O6. The van der Waals surface area contributed by atoms with Gasteiger partial charge in [0.15, 0.2) is 0 Å². The molecule has 2 saturated heterocycles. The Hall–Kier alpha value is -2.02. The molecule has 0 aromatic heterocycles. The van der Waals surface area contributed by atoms with Crippen LogP contribution in [0.1, 0.15) is 38.5 Å². The number of carbonyl (C=O) groups is 2. The maximum atomic E-state index is 11.1. The molecule has 2 fully saturated rings. The van der Waals surface area contributed by atoms with E-state index in [0.29, 0.717) is 51.7 Å². The van der Waals surface area contributed by atoms with Crippen LogP contribution in [0.25, 0.3) is 0 Å². The summed E-state index contributed by atoms with van der Waals surface area (Å²) < 4.78 is 21.1. The van der Waals surface area contributed by atoms with Crippen molar-refractivity contribution in [1.82, 2.24) is 0 Å². The molecule has 2 aliphatic rings. The number of carbonyl (C=O) groups excluding carboxylic acids is 2. The van der Waals surface area contributed by atoms with E-state index in [1.807, 2.05) is 0 Å². The highest BCUT2D eigenvalue weighted by Crippen LogP contribution is 2.13. The second kappa shape index (κ2) is 10.7. The summed E-state index contributed by atoms with van der Waals surface area (Å²) in [6.45, 7) is 1.39. The van der Waals surface area contributed by atoms with Crippen LogP contribution in [-0.4, -0.2) is 50.6 Å². The van der Waals surface area contributed by atoms with Crippen molar-refractivity contribution in [1.29, 1.82) is 0 Å². The van der Waals surface area contributed by atoms with Crippen LogP contribution in [0, 0.1) is 23.7 Å². The van der Waals surface area contributed by atoms with E-state index >= 15 is 0 Å². The van der Waals surface area contributed by atoms with E-state index in [-0.39, 0.29) is 37.4 Å². The fourth-order valence-electron chi connectivity index (χ4n) is 2.41. The lowest BCUT2D eigenvalue weighted by molar-refractivity contribution is -0.143. The fraction of sp³-hybridized carbons (Fsp3) is 0.667. The minimum atomic E-state index is -0.164. The van der Waals surface area contributed by atoms with E-state index in [4.69, 9.17) is 18.9 Å². The van der Waals surface area contributed by atoms with Crippen LogP contribution < -0.4 is 0 Å². The Morgan fingerprint density at radius 2 is 1.25 bits per heavy atom. The predicted molar refractivity (Wildman–Crippen MR) is 84.7 cm³/mol. The van der Waals surface area contributed by atoms with E-state index in [0.717, 1.165) is 0 Å². The van der Waals surface area contributed by atoms with Gasteiger partial charge in [-0.3, -0.25) is 9.59 Å². The van der Waals surface area contributed by atoms with Crippen LogP contribution in [-0.2, 0) is 28.5 Å². The van der Waals surface area contributed by atoms with Crippen molar-refractivity contribution in [2.45, 2.75) is 50.7 Å². The zero-order chi connectivity index (χ0) is 17.0. The second-order valence-corrected chi connectivity index (χ2v) is 5.57. The predicted octanol–water partition coefficient (Wildman–Crippen LogP) is 1.22. The van der Waals surface area contributed by atoms with Gasteiger partial charge in [-0.2, -0.15) is 0 Å². The summed E-state index contributed by atoms with van der Waals surface area (Å²) in [4.78, 5) is 22.2. The standard InChI is InChI=1S/C18H22O6/c19-17-7-5-15(9-13-23-17)21-11-3-1-2-4-12-22-16-6-8-18(20)24-14-10-16/h15-16H,5-14H2. The van der Waals surface area contributed by atoms with Crippen LogP contribution in [0.15, 0.2) is 0 Å². The first-order valence-corrected chi connectivity index (χ1v) is 8.24. The number of rotatable bonds is 4. The average Bonchev–Trinajstić information content (AvgIpc) is 2.90. The van der Waals surface area contributed by atoms with E-state index in [9.17, 15) is 9.59 Å². The highest BCUT2D eigenvalue weighted by Gasteiger charge is 2.18. The van der Waals surface area contributed by atoms with Gasteiger partial charge in [0, 0.05) is 25.7 Å². The van der Waals surface area contributed by atoms with Gasteiger partial charge in [-0.05, 0) is 24.7 Å². The summed E-state index contributed by atoms with van der Waals surface area (Å²) in [7, 11) is 0. The molecule has 130 valence electrons. The Morgan fingerprint density at radius 1 is 0.792 bits per heavy atom. The molecule has 2 aliphatic heterocycles. The lowest BCUT2D eigenvalue weighted by atomic mass is 10.1. The molecule has 6 nitrogen and oxygen atoms in total. The lowest BCUT2D eigenvalue weighted by Gasteiger charge is -2.11. The third kappa shape index (κ3) is 7.50. The maximum absolute atomic E-state index is 11.1. The highest BCUT2D eigenvalue weighted by atomic mass is 16.5. The second-order valence-electron chi connectivity index (χ2n) is 5.57. The minimum Gasteiger partial charge on any atom is -0.466 e.